The molecule has 0 fully saturated rings. The maximum absolute atomic E-state index is 4.29. The lowest BCUT2D eigenvalue weighted by Crippen LogP contribution is -2.37. The number of nitrogens with one attached hydrogen (secondary N) is 2. The van der Waals surface area contributed by atoms with Gasteiger partial charge < -0.3 is 15.2 Å². The maximum atomic E-state index is 4.29. The molecular formula is C17H25IN6. The third-order valence-electron chi connectivity index (χ3n) is 4.27. The summed E-state index contributed by atoms with van der Waals surface area (Å²) < 4.78 is 2.20. The Bertz CT molecular complexity index is 694. The summed E-state index contributed by atoms with van der Waals surface area (Å²) >= 11 is 0. The zero-order valence-electron chi connectivity index (χ0n) is 14.2. The third-order valence-corrected chi connectivity index (χ3v) is 4.27. The smallest absolute Gasteiger partial charge is 0.191 e. The van der Waals surface area contributed by atoms with E-state index in [9.17, 15) is 0 Å². The summed E-state index contributed by atoms with van der Waals surface area (Å²) in [5.74, 6) is 2.86. The van der Waals surface area contributed by atoms with E-state index in [1.54, 1.807) is 7.05 Å². The number of rotatable bonds is 5. The number of hydrogen-bond acceptors (Lipinski definition) is 3. The van der Waals surface area contributed by atoms with Crippen LogP contribution in [0.15, 0.2) is 29.3 Å². The van der Waals surface area contributed by atoms with Gasteiger partial charge in [0.05, 0.1) is 6.54 Å². The lowest BCUT2D eigenvalue weighted by Gasteiger charge is -2.13. The SMILES string of the molecule is CCc1ccccc1CNC(=NC)NCc1nnc2n1CCC2.I. The number of aromatic nitrogens is 3. The molecule has 0 bridgehead atoms. The average Bonchev–Trinajstić information content (AvgIpc) is 3.19. The van der Waals surface area contributed by atoms with E-state index in [2.05, 4.69) is 61.6 Å². The van der Waals surface area contributed by atoms with E-state index in [1.165, 1.54) is 17.5 Å². The van der Waals surface area contributed by atoms with E-state index in [4.69, 9.17) is 0 Å². The van der Waals surface area contributed by atoms with Crippen LogP contribution >= 0.6 is 24.0 Å². The lowest BCUT2D eigenvalue weighted by molar-refractivity contribution is 0.662. The van der Waals surface area contributed by atoms with Crippen molar-refractivity contribution in [1.82, 2.24) is 25.4 Å². The van der Waals surface area contributed by atoms with Gasteiger partial charge >= 0.3 is 0 Å². The Morgan fingerprint density at radius 2 is 1.92 bits per heavy atom. The summed E-state index contributed by atoms with van der Waals surface area (Å²) in [6, 6.07) is 8.49. The molecule has 0 saturated carbocycles. The van der Waals surface area contributed by atoms with Crippen LogP contribution in [0.5, 0.6) is 0 Å². The normalized spacial score (nSPS) is 13.3. The predicted molar refractivity (Wildman–Crippen MR) is 107 cm³/mol. The fraction of sp³-hybridized carbons (Fsp3) is 0.471. The maximum Gasteiger partial charge on any atom is 0.191 e. The molecule has 3 rings (SSSR count). The molecule has 7 heteroatoms. The number of fused-ring (bicyclic) bond motifs is 1. The second-order valence-electron chi connectivity index (χ2n) is 5.69. The molecule has 0 saturated heterocycles. The fourth-order valence-electron chi connectivity index (χ4n) is 2.98. The van der Waals surface area contributed by atoms with Crippen molar-refractivity contribution in [3.05, 3.63) is 47.0 Å². The molecule has 130 valence electrons. The highest BCUT2D eigenvalue weighted by Gasteiger charge is 2.17. The molecular weight excluding hydrogens is 415 g/mol. The van der Waals surface area contributed by atoms with Crippen LogP contribution in [0.2, 0.25) is 0 Å². The van der Waals surface area contributed by atoms with E-state index in [-0.39, 0.29) is 24.0 Å². The van der Waals surface area contributed by atoms with Gasteiger partial charge in [-0.1, -0.05) is 31.2 Å². The Labute approximate surface area is 160 Å². The Balaban J connectivity index is 0.00000208. The molecule has 0 aliphatic carbocycles. The molecule has 24 heavy (non-hydrogen) atoms. The van der Waals surface area contributed by atoms with Crippen LogP contribution < -0.4 is 10.6 Å². The summed E-state index contributed by atoms with van der Waals surface area (Å²) in [4.78, 5) is 4.29. The summed E-state index contributed by atoms with van der Waals surface area (Å²) in [5, 5.41) is 15.2. The van der Waals surface area contributed by atoms with Gasteiger partial charge in [-0.3, -0.25) is 4.99 Å². The summed E-state index contributed by atoms with van der Waals surface area (Å²) in [6.07, 6.45) is 3.24. The van der Waals surface area contributed by atoms with Crippen molar-refractivity contribution in [1.29, 1.82) is 0 Å². The van der Waals surface area contributed by atoms with Crippen molar-refractivity contribution >= 4 is 29.9 Å². The number of guanidine groups is 1. The molecule has 0 atom stereocenters. The molecule has 0 unspecified atom stereocenters. The van der Waals surface area contributed by atoms with Crippen LogP contribution in [-0.2, 0) is 32.5 Å². The van der Waals surface area contributed by atoms with Gasteiger partial charge in [0.15, 0.2) is 11.8 Å². The van der Waals surface area contributed by atoms with Gasteiger partial charge in [-0.25, -0.2) is 0 Å². The molecule has 2 heterocycles. The summed E-state index contributed by atoms with van der Waals surface area (Å²) in [5.41, 5.74) is 2.67. The first kappa shape index (κ1) is 18.7. The zero-order chi connectivity index (χ0) is 16.1. The lowest BCUT2D eigenvalue weighted by atomic mass is 10.1. The third kappa shape index (κ3) is 4.25. The molecule has 1 aliphatic rings. The van der Waals surface area contributed by atoms with Crippen molar-refractivity contribution in [2.75, 3.05) is 7.05 Å². The second-order valence-corrected chi connectivity index (χ2v) is 5.69. The minimum absolute atomic E-state index is 0. The molecule has 6 nitrogen and oxygen atoms in total. The fourth-order valence-corrected chi connectivity index (χ4v) is 2.98. The highest BCUT2D eigenvalue weighted by molar-refractivity contribution is 14.0. The monoisotopic (exact) mass is 440 g/mol. The first-order chi connectivity index (χ1) is 11.3. The van der Waals surface area contributed by atoms with Gasteiger partial charge in [0, 0.05) is 26.6 Å². The molecule has 0 radical (unpaired) electrons. The van der Waals surface area contributed by atoms with E-state index < -0.39 is 0 Å². The van der Waals surface area contributed by atoms with Gasteiger partial charge in [-0.15, -0.1) is 34.2 Å². The number of halogens is 1. The average molecular weight is 440 g/mol. The molecule has 1 aliphatic heterocycles. The Kier molecular flexibility index (Phi) is 7.01. The van der Waals surface area contributed by atoms with Crippen molar-refractivity contribution in [2.45, 2.75) is 45.8 Å². The van der Waals surface area contributed by atoms with E-state index in [0.717, 1.165) is 43.5 Å². The van der Waals surface area contributed by atoms with Gasteiger partial charge in [0.2, 0.25) is 0 Å². The summed E-state index contributed by atoms with van der Waals surface area (Å²) in [7, 11) is 1.79. The molecule has 1 aromatic carbocycles. The first-order valence-electron chi connectivity index (χ1n) is 8.24. The largest absolute Gasteiger partial charge is 0.352 e. The van der Waals surface area contributed by atoms with Crippen LogP contribution in [0.4, 0.5) is 0 Å². The van der Waals surface area contributed by atoms with Crippen molar-refractivity contribution in [3.8, 4) is 0 Å². The number of aliphatic imine (C=N–C) groups is 1. The van der Waals surface area contributed by atoms with Crippen LogP contribution in [0.3, 0.4) is 0 Å². The zero-order valence-corrected chi connectivity index (χ0v) is 16.6. The number of nitrogens with zero attached hydrogens (tertiary/aromatic N) is 4. The molecule has 2 N–H and O–H groups in total. The Morgan fingerprint density at radius 3 is 2.67 bits per heavy atom. The van der Waals surface area contributed by atoms with E-state index in [1.807, 2.05) is 0 Å². The van der Waals surface area contributed by atoms with Crippen LogP contribution in [0.25, 0.3) is 0 Å². The topological polar surface area (TPSA) is 67.1 Å². The minimum atomic E-state index is 0. The Morgan fingerprint density at radius 1 is 1.17 bits per heavy atom. The molecule has 0 spiro atoms. The molecule has 2 aromatic rings. The van der Waals surface area contributed by atoms with E-state index >= 15 is 0 Å². The van der Waals surface area contributed by atoms with Gasteiger partial charge in [0.25, 0.3) is 0 Å². The van der Waals surface area contributed by atoms with Crippen molar-refractivity contribution < 1.29 is 0 Å². The van der Waals surface area contributed by atoms with Gasteiger partial charge in [0.1, 0.15) is 5.82 Å². The van der Waals surface area contributed by atoms with Crippen LogP contribution in [0, 0.1) is 0 Å². The summed E-state index contributed by atoms with van der Waals surface area (Å²) in [6.45, 7) is 4.61. The quantitative estimate of drug-likeness (QED) is 0.426. The van der Waals surface area contributed by atoms with Crippen LogP contribution in [0.1, 0.15) is 36.1 Å². The minimum Gasteiger partial charge on any atom is -0.352 e. The van der Waals surface area contributed by atoms with E-state index in [0.29, 0.717) is 6.54 Å². The van der Waals surface area contributed by atoms with Crippen LogP contribution in [-0.4, -0.2) is 27.8 Å². The predicted octanol–water partition coefficient (Wildman–Crippen LogP) is 2.27. The number of hydrogen-bond donors (Lipinski definition) is 2. The number of aryl methyl sites for hydroxylation is 2. The first-order valence-corrected chi connectivity index (χ1v) is 8.24. The highest BCUT2D eigenvalue weighted by atomic mass is 127. The standard InChI is InChI=1S/C17H24N6.HI/c1-3-13-7-4-5-8-14(13)11-19-17(18-2)20-12-16-22-21-15-9-6-10-23(15)16;/h4-5,7-8H,3,6,9-12H2,1-2H3,(H2,18,19,20);1H. The van der Waals surface area contributed by atoms with Crippen molar-refractivity contribution in [2.24, 2.45) is 4.99 Å². The molecule has 0 amide bonds. The number of benzene rings is 1. The van der Waals surface area contributed by atoms with Crippen molar-refractivity contribution in [3.63, 3.8) is 0 Å². The second kappa shape index (κ2) is 9.00. The highest BCUT2D eigenvalue weighted by Crippen LogP contribution is 2.13. The van der Waals surface area contributed by atoms with Gasteiger partial charge in [-0.05, 0) is 24.0 Å². The Hall–Kier alpha value is -1.64. The molecule has 1 aromatic heterocycles. The van der Waals surface area contributed by atoms with Gasteiger partial charge in [-0.2, -0.15) is 0 Å².